The van der Waals surface area contributed by atoms with Crippen molar-refractivity contribution in [2.75, 3.05) is 0 Å². The summed E-state index contributed by atoms with van der Waals surface area (Å²) in [4.78, 5) is 0. The van der Waals surface area contributed by atoms with Crippen LogP contribution in [0.4, 0.5) is 0 Å². The van der Waals surface area contributed by atoms with E-state index in [2.05, 4.69) is 31.5 Å². The van der Waals surface area contributed by atoms with Crippen molar-refractivity contribution < 1.29 is 0 Å². The second-order valence-electron chi connectivity index (χ2n) is 4.88. The minimum absolute atomic E-state index is 0.443. The highest BCUT2D eigenvalue weighted by Gasteiger charge is 2.23. The molecule has 2 aromatic rings. The highest BCUT2D eigenvalue weighted by atomic mass is 79.9. The van der Waals surface area contributed by atoms with Crippen LogP contribution in [0.1, 0.15) is 43.8 Å². The van der Waals surface area contributed by atoms with E-state index in [-0.39, 0.29) is 0 Å². The summed E-state index contributed by atoms with van der Waals surface area (Å²) < 4.78 is 2.75. The van der Waals surface area contributed by atoms with E-state index in [1.54, 1.807) is 4.68 Å². The number of nitrogens with zero attached hydrogens (tertiary/aromatic N) is 4. The minimum Gasteiger partial charge on any atom is -0.196 e. The smallest absolute Gasteiger partial charge is 0.159 e. The summed E-state index contributed by atoms with van der Waals surface area (Å²) in [7, 11) is 0. The van der Waals surface area contributed by atoms with Crippen molar-refractivity contribution in [2.24, 2.45) is 0 Å². The normalized spacial score (nSPS) is 16.7. The summed E-state index contributed by atoms with van der Waals surface area (Å²) in [5.41, 5.74) is 0.835. The van der Waals surface area contributed by atoms with Crippen LogP contribution in [0.2, 0.25) is 5.02 Å². The molecule has 1 aromatic carbocycles. The van der Waals surface area contributed by atoms with Gasteiger partial charge in [0.2, 0.25) is 0 Å². The molecule has 3 rings (SSSR count). The third-order valence-corrected chi connectivity index (χ3v) is 4.41. The van der Waals surface area contributed by atoms with E-state index in [0.717, 1.165) is 28.8 Å². The fourth-order valence-electron chi connectivity index (χ4n) is 2.63. The maximum atomic E-state index is 6.26. The summed E-state index contributed by atoms with van der Waals surface area (Å²) in [6.07, 6.45) is 6.14. The average molecular weight is 342 g/mol. The van der Waals surface area contributed by atoms with Crippen molar-refractivity contribution >= 4 is 27.5 Å². The Morgan fingerprint density at radius 3 is 2.79 bits per heavy atom. The quantitative estimate of drug-likeness (QED) is 0.825. The van der Waals surface area contributed by atoms with Crippen LogP contribution in [0.5, 0.6) is 0 Å². The van der Waals surface area contributed by atoms with Crippen LogP contribution in [-0.2, 0) is 0 Å². The summed E-state index contributed by atoms with van der Waals surface area (Å²) in [5, 5.41) is 12.8. The first-order valence-corrected chi connectivity index (χ1v) is 7.66. The van der Waals surface area contributed by atoms with E-state index in [0.29, 0.717) is 10.9 Å². The van der Waals surface area contributed by atoms with Gasteiger partial charge in [-0.1, -0.05) is 46.8 Å². The van der Waals surface area contributed by atoms with Crippen LogP contribution in [0.25, 0.3) is 5.69 Å². The zero-order valence-corrected chi connectivity index (χ0v) is 12.7. The molecule has 0 aliphatic heterocycles. The van der Waals surface area contributed by atoms with Gasteiger partial charge in [-0.15, -0.1) is 5.10 Å². The Bertz CT molecular complexity index is 578. The molecule has 0 unspecified atom stereocenters. The molecule has 0 spiro atoms. The fraction of sp³-hybridized carbons (Fsp3) is 0.462. The third-order valence-electron chi connectivity index (χ3n) is 3.60. The standard InChI is InChI=1S/C13H14BrClN4/c14-10-6-7-11(15)12(8-10)19-13(16-17-18-19)9-4-2-1-3-5-9/h6-9H,1-5H2. The van der Waals surface area contributed by atoms with Crippen molar-refractivity contribution in [1.82, 2.24) is 20.2 Å². The zero-order valence-electron chi connectivity index (χ0n) is 10.4. The van der Waals surface area contributed by atoms with Gasteiger partial charge in [0.05, 0.1) is 10.7 Å². The summed E-state index contributed by atoms with van der Waals surface area (Å²) >= 11 is 9.72. The molecular weight excluding hydrogens is 328 g/mol. The number of hydrogen-bond acceptors (Lipinski definition) is 3. The van der Waals surface area contributed by atoms with Crippen molar-refractivity contribution in [3.8, 4) is 5.69 Å². The number of aromatic nitrogens is 4. The largest absolute Gasteiger partial charge is 0.196 e. The van der Waals surface area contributed by atoms with E-state index in [1.807, 2.05) is 18.2 Å². The lowest BCUT2D eigenvalue weighted by molar-refractivity contribution is 0.422. The van der Waals surface area contributed by atoms with Crippen molar-refractivity contribution in [3.05, 3.63) is 33.5 Å². The first kappa shape index (κ1) is 13.1. The molecule has 0 amide bonds. The Balaban J connectivity index is 2.01. The molecule has 4 nitrogen and oxygen atoms in total. The van der Waals surface area contributed by atoms with Gasteiger partial charge in [0.25, 0.3) is 0 Å². The number of tetrazole rings is 1. The van der Waals surface area contributed by atoms with E-state index >= 15 is 0 Å². The summed E-state index contributed by atoms with van der Waals surface area (Å²) in [6, 6.07) is 5.72. The van der Waals surface area contributed by atoms with Crippen LogP contribution in [0.15, 0.2) is 22.7 Å². The maximum absolute atomic E-state index is 6.26. The van der Waals surface area contributed by atoms with E-state index in [4.69, 9.17) is 11.6 Å². The topological polar surface area (TPSA) is 43.6 Å². The molecule has 0 bridgehead atoms. The minimum atomic E-state index is 0.443. The molecule has 19 heavy (non-hydrogen) atoms. The molecule has 0 atom stereocenters. The maximum Gasteiger partial charge on any atom is 0.159 e. The Hall–Kier alpha value is -0.940. The van der Waals surface area contributed by atoms with Gasteiger partial charge >= 0.3 is 0 Å². The lowest BCUT2D eigenvalue weighted by Crippen LogP contribution is -2.12. The highest BCUT2D eigenvalue weighted by Crippen LogP contribution is 2.33. The Morgan fingerprint density at radius 2 is 2.00 bits per heavy atom. The predicted molar refractivity (Wildman–Crippen MR) is 77.7 cm³/mol. The molecular formula is C13H14BrClN4. The lowest BCUT2D eigenvalue weighted by atomic mass is 9.89. The molecule has 1 fully saturated rings. The van der Waals surface area contributed by atoms with Gasteiger partial charge in [-0.2, -0.15) is 4.68 Å². The molecule has 1 aromatic heterocycles. The van der Waals surface area contributed by atoms with Crippen molar-refractivity contribution in [2.45, 2.75) is 38.0 Å². The van der Waals surface area contributed by atoms with Gasteiger partial charge in [-0.25, -0.2) is 0 Å². The molecule has 1 aliphatic carbocycles. The van der Waals surface area contributed by atoms with Crippen molar-refractivity contribution in [3.63, 3.8) is 0 Å². The number of hydrogen-bond donors (Lipinski definition) is 0. The second-order valence-corrected chi connectivity index (χ2v) is 6.20. The van der Waals surface area contributed by atoms with Gasteiger partial charge in [0.15, 0.2) is 5.82 Å². The van der Waals surface area contributed by atoms with Gasteiger partial charge in [-0.05, 0) is 41.5 Å². The van der Waals surface area contributed by atoms with Gasteiger partial charge < -0.3 is 0 Å². The average Bonchev–Trinajstić information content (AvgIpc) is 2.91. The molecule has 0 saturated heterocycles. The van der Waals surface area contributed by atoms with Crippen LogP contribution < -0.4 is 0 Å². The molecule has 100 valence electrons. The summed E-state index contributed by atoms with van der Waals surface area (Å²) in [6.45, 7) is 0. The highest BCUT2D eigenvalue weighted by molar-refractivity contribution is 9.10. The van der Waals surface area contributed by atoms with Crippen LogP contribution in [0, 0.1) is 0 Å². The number of rotatable bonds is 2. The molecule has 6 heteroatoms. The number of benzene rings is 1. The van der Waals surface area contributed by atoms with E-state index in [1.165, 1.54) is 19.3 Å². The lowest BCUT2D eigenvalue weighted by Gasteiger charge is -2.20. The van der Waals surface area contributed by atoms with Crippen LogP contribution in [0.3, 0.4) is 0 Å². The predicted octanol–water partition coefficient (Wildman–Crippen LogP) is 4.13. The first-order chi connectivity index (χ1) is 9.25. The Labute approximate surface area is 125 Å². The second kappa shape index (κ2) is 5.59. The molecule has 0 N–H and O–H groups in total. The van der Waals surface area contributed by atoms with Crippen LogP contribution >= 0.6 is 27.5 Å². The molecule has 0 radical (unpaired) electrons. The Kier molecular flexibility index (Phi) is 3.84. The van der Waals surface area contributed by atoms with E-state index in [9.17, 15) is 0 Å². The number of halogens is 2. The first-order valence-electron chi connectivity index (χ1n) is 6.49. The SMILES string of the molecule is Clc1ccc(Br)cc1-n1nnnc1C1CCCCC1. The van der Waals surface area contributed by atoms with E-state index < -0.39 is 0 Å². The van der Waals surface area contributed by atoms with Crippen LogP contribution in [-0.4, -0.2) is 20.2 Å². The molecule has 1 saturated carbocycles. The van der Waals surface area contributed by atoms with Gasteiger partial charge in [-0.3, -0.25) is 0 Å². The fourth-order valence-corrected chi connectivity index (χ4v) is 3.18. The van der Waals surface area contributed by atoms with Gasteiger partial charge in [0, 0.05) is 10.4 Å². The van der Waals surface area contributed by atoms with Crippen molar-refractivity contribution in [1.29, 1.82) is 0 Å². The summed E-state index contributed by atoms with van der Waals surface area (Å²) in [5.74, 6) is 1.37. The Morgan fingerprint density at radius 1 is 1.21 bits per heavy atom. The monoisotopic (exact) mass is 340 g/mol. The third kappa shape index (κ3) is 2.67. The molecule has 1 aliphatic rings. The molecule has 1 heterocycles. The zero-order chi connectivity index (χ0) is 13.2. The van der Waals surface area contributed by atoms with Gasteiger partial charge in [0.1, 0.15) is 0 Å².